The second-order valence-corrected chi connectivity index (χ2v) is 6.61. The van der Waals surface area contributed by atoms with Gasteiger partial charge in [-0.25, -0.2) is 0 Å². The molecule has 2 aromatic rings. The van der Waals surface area contributed by atoms with Crippen LogP contribution >= 0.6 is 0 Å². The number of nitrogens with zero attached hydrogens (tertiary/aromatic N) is 2. The molecule has 0 aliphatic carbocycles. The van der Waals surface area contributed by atoms with E-state index in [0.717, 1.165) is 36.5 Å². The van der Waals surface area contributed by atoms with Gasteiger partial charge in [-0.1, -0.05) is 12.1 Å². The van der Waals surface area contributed by atoms with Crippen LogP contribution in [0.2, 0.25) is 0 Å². The first-order valence-electron chi connectivity index (χ1n) is 8.70. The van der Waals surface area contributed by atoms with Crippen molar-refractivity contribution in [3.8, 4) is 5.75 Å². The van der Waals surface area contributed by atoms with Crippen molar-refractivity contribution in [2.24, 2.45) is 5.92 Å². The number of methoxy groups -OCH3 is 1. The summed E-state index contributed by atoms with van der Waals surface area (Å²) in [5.41, 5.74) is 2.77. The molecule has 5 nitrogen and oxygen atoms in total. The maximum Gasteiger partial charge on any atom is 0.253 e. The Morgan fingerprint density at radius 2 is 2.24 bits per heavy atom. The van der Waals surface area contributed by atoms with Crippen LogP contribution in [0.25, 0.3) is 0 Å². The number of pyridine rings is 1. The van der Waals surface area contributed by atoms with Crippen molar-refractivity contribution >= 4 is 5.91 Å². The molecule has 0 bridgehead atoms. The third kappa shape index (κ3) is 4.57. The van der Waals surface area contributed by atoms with Gasteiger partial charge in [0.05, 0.1) is 19.3 Å². The van der Waals surface area contributed by atoms with Crippen LogP contribution in [0.4, 0.5) is 0 Å². The lowest BCUT2D eigenvalue weighted by Gasteiger charge is -2.18. The monoisotopic (exact) mass is 339 g/mol. The van der Waals surface area contributed by atoms with Gasteiger partial charge in [-0.15, -0.1) is 0 Å². The van der Waals surface area contributed by atoms with Gasteiger partial charge in [0.2, 0.25) is 0 Å². The van der Waals surface area contributed by atoms with Crippen LogP contribution in [0.15, 0.2) is 42.6 Å². The number of benzene rings is 1. The largest absolute Gasteiger partial charge is 0.497 e. The molecule has 1 N–H and O–H groups in total. The second-order valence-electron chi connectivity index (χ2n) is 6.61. The molecule has 1 unspecified atom stereocenters. The zero-order chi connectivity index (χ0) is 17.6. The number of hydrogen-bond donors (Lipinski definition) is 1. The molecule has 1 saturated heterocycles. The predicted octanol–water partition coefficient (Wildman–Crippen LogP) is 2.51. The lowest BCUT2D eigenvalue weighted by atomic mass is 9.97. The third-order valence-electron chi connectivity index (χ3n) is 4.63. The first-order valence-corrected chi connectivity index (χ1v) is 8.70. The van der Waals surface area contributed by atoms with Gasteiger partial charge in [-0.05, 0) is 55.6 Å². The molecule has 5 heteroatoms. The standard InChI is InChI=1S/C20H25N3O2/c1-23(14-18-12-19(25-2)7-9-22-18)20(24)17-5-3-4-15(11-17)10-16-6-8-21-13-16/h3-5,7,9,11-12,16,21H,6,8,10,13-14H2,1-2H3. The van der Waals surface area contributed by atoms with Crippen molar-refractivity contribution in [2.75, 3.05) is 27.2 Å². The molecule has 0 spiro atoms. The average molecular weight is 339 g/mol. The molecule has 1 atom stereocenters. The number of carbonyl (C=O) groups excluding carboxylic acids is 1. The van der Waals surface area contributed by atoms with Gasteiger partial charge in [0.25, 0.3) is 5.91 Å². The molecular weight excluding hydrogens is 314 g/mol. The summed E-state index contributed by atoms with van der Waals surface area (Å²) in [6.45, 7) is 2.62. The highest BCUT2D eigenvalue weighted by molar-refractivity contribution is 5.94. The fourth-order valence-electron chi connectivity index (χ4n) is 3.26. The van der Waals surface area contributed by atoms with Gasteiger partial charge in [0.1, 0.15) is 5.75 Å². The zero-order valence-electron chi connectivity index (χ0n) is 14.9. The van der Waals surface area contributed by atoms with E-state index < -0.39 is 0 Å². The van der Waals surface area contributed by atoms with Crippen LogP contribution in [-0.4, -0.2) is 43.0 Å². The van der Waals surface area contributed by atoms with Crippen LogP contribution < -0.4 is 10.1 Å². The van der Waals surface area contributed by atoms with Gasteiger partial charge in [-0.3, -0.25) is 9.78 Å². The van der Waals surface area contributed by atoms with E-state index in [1.165, 1.54) is 12.0 Å². The van der Waals surface area contributed by atoms with Crippen molar-refractivity contribution in [3.05, 3.63) is 59.4 Å². The second kappa shape index (κ2) is 8.12. The van der Waals surface area contributed by atoms with Crippen molar-refractivity contribution in [1.82, 2.24) is 15.2 Å². The molecule has 3 rings (SSSR count). The topological polar surface area (TPSA) is 54.5 Å². The van der Waals surface area contributed by atoms with E-state index in [9.17, 15) is 4.79 Å². The van der Waals surface area contributed by atoms with E-state index in [0.29, 0.717) is 12.5 Å². The van der Waals surface area contributed by atoms with Crippen LogP contribution in [0.3, 0.4) is 0 Å². The lowest BCUT2D eigenvalue weighted by molar-refractivity contribution is 0.0783. The van der Waals surface area contributed by atoms with E-state index >= 15 is 0 Å². The molecule has 1 aliphatic rings. The normalized spacial score (nSPS) is 16.6. The van der Waals surface area contributed by atoms with Crippen molar-refractivity contribution in [2.45, 2.75) is 19.4 Å². The third-order valence-corrected chi connectivity index (χ3v) is 4.63. The minimum Gasteiger partial charge on any atom is -0.497 e. The molecule has 1 aromatic carbocycles. The molecule has 0 saturated carbocycles. The van der Waals surface area contributed by atoms with E-state index in [-0.39, 0.29) is 5.91 Å². The van der Waals surface area contributed by atoms with E-state index in [1.54, 1.807) is 31.3 Å². The Bertz CT molecular complexity index is 726. The smallest absolute Gasteiger partial charge is 0.253 e. The maximum absolute atomic E-state index is 12.7. The highest BCUT2D eigenvalue weighted by Gasteiger charge is 2.17. The fourth-order valence-corrected chi connectivity index (χ4v) is 3.26. The number of aromatic nitrogens is 1. The van der Waals surface area contributed by atoms with Crippen LogP contribution in [0, 0.1) is 5.92 Å². The molecule has 25 heavy (non-hydrogen) atoms. The van der Waals surface area contributed by atoms with E-state index in [4.69, 9.17) is 4.74 Å². The summed E-state index contributed by atoms with van der Waals surface area (Å²) in [6.07, 6.45) is 3.93. The SMILES string of the molecule is COc1ccnc(CN(C)C(=O)c2cccc(CC3CCNC3)c2)c1. The Morgan fingerprint density at radius 3 is 3.00 bits per heavy atom. The summed E-state index contributed by atoms with van der Waals surface area (Å²) in [4.78, 5) is 18.7. The van der Waals surface area contributed by atoms with Crippen molar-refractivity contribution in [3.63, 3.8) is 0 Å². The summed E-state index contributed by atoms with van der Waals surface area (Å²) in [5, 5.41) is 3.39. The number of amides is 1. The lowest BCUT2D eigenvalue weighted by Crippen LogP contribution is -2.26. The van der Waals surface area contributed by atoms with Crippen LogP contribution in [0.5, 0.6) is 5.75 Å². The van der Waals surface area contributed by atoms with Crippen molar-refractivity contribution < 1.29 is 9.53 Å². The quantitative estimate of drug-likeness (QED) is 0.879. The van der Waals surface area contributed by atoms with E-state index in [2.05, 4.69) is 16.4 Å². The summed E-state index contributed by atoms with van der Waals surface area (Å²) < 4.78 is 5.21. The summed E-state index contributed by atoms with van der Waals surface area (Å²) in [6, 6.07) is 11.6. The molecular formula is C20H25N3O2. The highest BCUT2D eigenvalue weighted by Crippen LogP contribution is 2.18. The Kier molecular flexibility index (Phi) is 5.66. The Morgan fingerprint density at radius 1 is 1.36 bits per heavy atom. The Balaban J connectivity index is 1.66. The predicted molar refractivity (Wildman–Crippen MR) is 97.7 cm³/mol. The summed E-state index contributed by atoms with van der Waals surface area (Å²) in [5.74, 6) is 1.43. The maximum atomic E-state index is 12.7. The average Bonchev–Trinajstić information content (AvgIpc) is 3.14. The highest BCUT2D eigenvalue weighted by atomic mass is 16.5. The number of hydrogen-bond acceptors (Lipinski definition) is 4. The number of rotatable bonds is 6. The minimum atomic E-state index is 0.0102. The summed E-state index contributed by atoms with van der Waals surface area (Å²) in [7, 11) is 3.43. The molecule has 2 heterocycles. The molecule has 132 valence electrons. The van der Waals surface area contributed by atoms with Gasteiger partial charge < -0.3 is 15.0 Å². The number of carbonyl (C=O) groups is 1. The van der Waals surface area contributed by atoms with Crippen LogP contribution in [-0.2, 0) is 13.0 Å². The van der Waals surface area contributed by atoms with Gasteiger partial charge in [0.15, 0.2) is 0 Å². The van der Waals surface area contributed by atoms with E-state index in [1.807, 2.05) is 24.3 Å². The minimum absolute atomic E-state index is 0.0102. The Hall–Kier alpha value is -2.40. The Labute approximate surface area is 149 Å². The first kappa shape index (κ1) is 17.4. The molecule has 0 radical (unpaired) electrons. The zero-order valence-corrected chi connectivity index (χ0v) is 14.9. The first-order chi connectivity index (χ1) is 12.2. The fraction of sp³-hybridized carbons (Fsp3) is 0.400. The summed E-state index contributed by atoms with van der Waals surface area (Å²) >= 11 is 0. The van der Waals surface area contributed by atoms with Gasteiger partial charge in [-0.2, -0.15) is 0 Å². The molecule has 1 amide bonds. The van der Waals surface area contributed by atoms with Gasteiger partial charge >= 0.3 is 0 Å². The van der Waals surface area contributed by atoms with Crippen LogP contribution in [0.1, 0.15) is 28.0 Å². The molecule has 1 fully saturated rings. The molecule has 1 aromatic heterocycles. The number of ether oxygens (including phenoxy) is 1. The van der Waals surface area contributed by atoms with Crippen molar-refractivity contribution in [1.29, 1.82) is 0 Å². The van der Waals surface area contributed by atoms with Gasteiger partial charge in [0, 0.05) is 24.9 Å². The number of nitrogens with one attached hydrogen (secondary N) is 1. The molecule has 1 aliphatic heterocycles.